The molecule has 0 fully saturated rings. The highest BCUT2D eigenvalue weighted by atomic mass is 19.1. The molecule has 29 heavy (non-hydrogen) atoms. The molecule has 0 heterocycles. The van der Waals surface area contributed by atoms with Crippen LogP contribution < -0.4 is 4.74 Å². The quantitative estimate of drug-likeness (QED) is 0.341. The Labute approximate surface area is 168 Å². The van der Waals surface area contributed by atoms with Crippen molar-refractivity contribution in [3.8, 4) is 28.0 Å². The van der Waals surface area contributed by atoms with Crippen LogP contribution in [0.5, 0.6) is 5.75 Å². The number of ether oxygens (including phenoxy) is 2. The standard InChI is InChI=1S/C24H21FO4/c1-2-24(27)29-13-12-28-23-15-19(8-9-20(23)16-26)21-11-10-18(14-22(21)25)17-6-4-3-5-7-17/h2-11,14-15,26H,1,12-13,16H2. The summed E-state index contributed by atoms with van der Waals surface area (Å²) in [4.78, 5) is 11.1. The van der Waals surface area contributed by atoms with E-state index in [9.17, 15) is 14.3 Å². The lowest BCUT2D eigenvalue weighted by molar-refractivity contribution is -0.138. The van der Waals surface area contributed by atoms with Gasteiger partial charge >= 0.3 is 5.97 Å². The van der Waals surface area contributed by atoms with Gasteiger partial charge in [0.15, 0.2) is 0 Å². The van der Waals surface area contributed by atoms with Crippen LogP contribution in [0.15, 0.2) is 79.4 Å². The zero-order valence-electron chi connectivity index (χ0n) is 15.8. The lowest BCUT2D eigenvalue weighted by atomic mass is 9.98. The number of hydrogen-bond acceptors (Lipinski definition) is 4. The molecule has 148 valence electrons. The number of rotatable bonds is 8. The minimum atomic E-state index is -0.537. The molecule has 0 aromatic heterocycles. The first-order valence-corrected chi connectivity index (χ1v) is 9.13. The number of carbonyl (C=O) groups is 1. The van der Waals surface area contributed by atoms with Crippen LogP contribution in [0.1, 0.15) is 5.56 Å². The molecule has 0 bridgehead atoms. The topological polar surface area (TPSA) is 55.8 Å². The van der Waals surface area contributed by atoms with Crippen molar-refractivity contribution in [1.29, 1.82) is 0 Å². The van der Waals surface area contributed by atoms with Gasteiger partial charge in [0.1, 0.15) is 24.8 Å². The summed E-state index contributed by atoms with van der Waals surface area (Å²) in [6.07, 6.45) is 1.07. The highest BCUT2D eigenvalue weighted by Gasteiger charge is 2.11. The van der Waals surface area contributed by atoms with Crippen molar-refractivity contribution in [1.82, 2.24) is 0 Å². The molecule has 0 saturated carbocycles. The van der Waals surface area contributed by atoms with Crippen molar-refractivity contribution >= 4 is 5.97 Å². The number of benzene rings is 3. The molecular formula is C24H21FO4. The van der Waals surface area contributed by atoms with E-state index in [0.717, 1.165) is 17.2 Å². The van der Waals surface area contributed by atoms with Crippen molar-refractivity contribution in [2.75, 3.05) is 13.2 Å². The number of esters is 1. The molecule has 0 atom stereocenters. The molecule has 0 aliphatic heterocycles. The molecule has 0 saturated heterocycles. The van der Waals surface area contributed by atoms with E-state index in [-0.39, 0.29) is 25.6 Å². The fourth-order valence-electron chi connectivity index (χ4n) is 2.90. The maximum atomic E-state index is 14.8. The largest absolute Gasteiger partial charge is 0.490 e. The SMILES string of the molecule is C=CC(=O)OCCOc1cc(-c2ccc(-c3ccccc3)cc2F)ccc1CO. The first kappa shape index (κ1) is 20.3. The molecule has 0 radical (unpaired) electrons. The fourth-order valence-corrected chi connectivity index (χ4v) is 2.90. The molecule has 3 rings (SSSR count). The van der Waals surface area contributed by atoms with E-state index in [4.69, 9.17) is 9.47 Å². The molecule has 0 unspecified atom stereocenters. The van der Waals surface area contributed by atoms with E-state index in [1.165, 1.54) is 6.07 Å². The first-order valence-electron chi connectivity index (χ1n) is 9.13. The third-order valence-electron chi connectivity index (χ3n) is 4.38. The van der Waals surface area contributed by atoms with E-state index in [2.05, 4.69) is 6.58 Å². The minimum absolute atomic E-state index is 0.0417. The van der Waals surface area contributed by atoms with Crippen molar-refractivity contribution in [3.63, 3.8) is 0 Å². The van der Waals surface area contributed by atoms with Gasteiger partial charge in [-0.05, 0) is 28.8 Å². The average molecular weight is 392 g/mol. The molecule has 0 amide bonds. The average Bonchev–Trinajstić information content (AvgIpc) is 2.77. The Morgan fingerprint density at radius 3 is 2.41 bits per heavy atom. The summed E-state index contributed by atoms with van der Waals surface area (Å²) in [5.74, 6) is -0.481. The molecular weight excluding hydrogens is 371 g/mol. The summed E-state index contributed by atoms with van der Waals surface area (Å²) in [7, 11) is 0. The van der Waals surface area contributed by atoms with Gasteiger partial charge in [-0.25, -0.2) is 9.18 Å². The van der Waals surface area contributed by atoms with E-state index in [1.807, 2.05) is 36.4 Å². The second kappa shape index (κ2) is 9.66. The van der Waals surface area contributed by atoms with Crippen LogP contribution in [0, 0.1) is 5.82 Å². The molecule has 3 aromatic carbocycles. The second-order valence-corrected chi connectivity index (χ2v) is 6.26. The van der Waals surface area contributed by atoms with Gasteiger partial charge in [-0.15, -0.1) is 0 Å². The predicted molar refractivity (Wildman–Crippen MR) is 110 cm³/mol. The summed E-state index contributed by atoms with van der Waals surface area (Å²) >= 11 is 0. The summed E-state index contributed by atoms with van der Waals surface area (Å²) in [5.41, 5.74) is 3.34. The van der Waals surface area contributed by atoms with Crippen LogP contribution in [0.25, 0.3) is 22.3 Å². The molecule has 3 aromatic rings. The number of aliphatic hydroxyl groups excluding tert-OH is 1. The Morgan fingerprint density at radius 1 is 0.966 bits per heavy atom. The van der Waals surface area contributed by atoms with Crippen molar-refractivity contribution in [3.05, 3.63) is 90.8 Å². The Kier molecular flexibility index (Phi) is 6.76. The van der Waals surface area contributed by atoms with E-state index < -0.39 is 5.97 Å². The monoisotopic (exact) mass is 392 g/mol. The van der Waals surface area contributed by atoms with Crippen molar-refractivity contribution in [2.24, 2.45) is 0 Å². The molecule has 0 spiro atoms. The van der Waals surface area contributed by atoms with Gasteiger partial charge in [0.05, 0.1) is 6.61 Å². The summed E-state index contributed by atoms with van der Waals surface area (Å²) < 4.78 is 25.3. The second-order valence-electron chi connectivity index (χ2n) is 6.26. The summed E-state index contributed by atoms with van der Waals surface area (Å²) in [5, 5.41) is 9.53. The Bertz CT molecular complexity index is 999. The van der Waals surface area contributed by atoms with E-state index in [1.54, 1.807) is 24.3 Å². The third-order valence-corrected chi connectivity index (χ3v) is 4.38. The smallest absolute Gasteiger partial charge is 0.330 e. The van der Waals surface area contributed by atoms with Gasteiger partial charge in [-0.3, -0.25) is 0 Å². The molecule has 1 N–H and O–H groups in total. The van der Waals surface area contributed by atoms with Crippen LogP contribution in [0.3, 0.4) is 0 Å². The molecule has 4 nitrogen and oxygen atoms in total. The fraction of sp³-hybridized carbons (Fsp3) is 0.125. The molecule has 0 aliphatic rings. The lowest BCUT2D eigenvalue weighted by Crippen LogP contribution is -2.11. The van der Waals surface area contributed by atoms with Crippen LogP contribution in [0.2, 0.25) is 0 Å². The number of aliphatic hydroxyl groups is 1. The highest BCUT2D eigenvalue weighted by Crippen LogP contribution is 2.31. The van der Waals surface area contributed by atoms with Crippen LogP contribution >= 0.6 is 0 Å². The Morgan fingerprint density at radius 2 is 1.72 bits per heavy atom. The van der Waals surface area contributed by atoms with Gasteiger partial charge in [-0.1, -0.05) is 61.2 Å². The Balaban J connectivity index is 1.81. The highest BCUT2D eigenvalue weighted by molar-refractivity contribution is 5.81. The van der Waals surface area contributed by atoms with Crippen LogP contribution in [0.4, 0.5) is 4.39 Å². The van der Waals surface area contributed by atoms with Crippen molar-refractivity contribution < 1.29 is 23.8 Å². The van der Waals surface area contributed by atoms with Crippen LogP contribution in [-0.4, -0.2) is 24.3 Å². The third kappa shape index (κ3) is 5.09. The zero-order valence-corrected chi connectivity index (χ0v) is 15.8. The molecule has 5 heteroatoms. The van der Waals surface area contributed by atoms with E-state index in [0.29, 0.717) is 22.4 Å². The van der Waals surface area contributed by atoms with Gasteiger partial charge in [0.2, 0.25) is 0 Å². The normalized spacial score (nSPS) is 10.4. The summed E-state index contributed by atoms with van der Waals surface area (Å²) in [6.45, 7) is 3.24. The number of halogens is 1. The van der Waals surface area contributed by atoms with Gasteiger partial charge in [-0.2, -0.15) is 0 Å². The zero-order chi connectivity index (χ0) is 20.6. The predicted octanol–water partition coefficient (Wildman–Crippen LogP) is 4.76. The molecule has 0 aliphatic carbocycles. The lowest BCUT2D eigenvalue weighted by Gasteiger charge is -2.13. The minimum Gasteiger partial charge on any atom is -0.490 e. The number of carbonyl (C=O) groups excluding carboxylic acids is 1. The maximum Gasteiger partial charge on any atom is 0.330 e. The van der Waals surface area contributed by atoms with Gasteiger partial charge in [0.25, 0.3) is 0 Å². The van der Waals surface area contributed by atoms with Gasteiger partial charge in [0, 0.05) is 17.2 Å². The number of hydrogen-bond donors (Lipinski definition) is 1. The van der Waals surface area contributed by atoms with E-state index >= 15 is 0 Å². The maximum absolute atomic E-state index is 14.8. The van der Waals surface area contributed by atoms with Crippen molar-refractivity contribution in [2.45, 2.75) is 6.61 Å². The van der Waals surface area contributed by atoms with Gasteiger partial charge < -0.3 is 14.6 Å². The Hall–Kier alpha value is -3.44. The summed E-state index contributed by atoms with van der Waals surface area (Å²) in [6, 6.07) is 19.8. The first-order chi connectivity index (χ1) is 14.1. The van der Waals surface area contributed by atoms with Crippen LogP contribution in [-0.2, 0) is 16.1 Å².